The number of aromatic nitrogens is 2. The molecule has 14 heavy (non-hydrogen) atoms. The fourth-order valence-corrected chi connectivity index (χ4v) is 0.918. The van der Waals surface area contributed by atoms with Crippen LogP contribution < -0.4 is 5.73 Å². The lowest BCUT2D eigenvalue weighted by molar-refractivity contribution is 0.870. The number of aliphatic imine (C=N–C) groups is 1. The van der Waals surface area contributed by atoms with Crippen molar-refractivity contribution in [1.82, 2.24) is 10.2 Å². The molecule has 0 radical (unpaired) electrons. The molecule has 0 aliphatic heterocycles. The molecule has 4 nitrogen and oxygen atoms in total. The molecule has 0 unspecified atom stereocenters. The number of rotatable bonds is 3. The Kier molecular flexibility index (Phi) is 5.23. The zero-order valence-corrected chi connectivity index (χ0v) is 9.56. The molecule has 0 atom stereocenters. The average molecular weight is 217 g/mol. The minimum absolute atomic E-state index is 0. The zero-order chi connectivity index (χ0) is 9.84. The van der Waals surface area contributed by atoms with E-state index in [1.807, 2.05) is 13.8 Å². The van der Waals surface area contributed by atoms with Gasteiger partial charge < -0.3 is 5.73 Å². The monoisotopic (exact) mass is 216 g/mol. The molecule has 0 bridgehead atoms. The zero-order valence-electron chi connectivity index (χ0n) is 8.74. The van der Waals surface area contributed by atoms with Gasteiger partial charge >= 0.3 is 0 Å². The number of hydrogen-bond acceptors (Lipinski definition) is 2. The molecule has 0 fully saturated rings. The van der Waals surface area contributed by atoms with Crippen molar-refractivity contribution < 1.29 is 0 Å². The quantitative estimate of drug-likeness (QED) is 0.600. The normalized spacial score (nSPS) is 11.6. The Hall–Kier alpha value is -1.03. The lowest BCUT2D eigenvalue weighted by Gasteiger charge is -2.02. The molecule has 80 valence electrons. The molecule has 0 aliphatic rings. The van der Waals surface area contributed by atoms with Crippen LogP contribution in [-0.2, 0) is 6.42 Å². The molecule has 1 aromatic heterocycles. The highest BCUT2D eigenvalue weighted by atomic mass is 35.5. The van der Waals surface area contributed by atoms with Crippen molar-refractivity contribution in [2.24, 2.45) is 16.6 Å². The highest BCUT2D eigenvalue weighted by Crippen LogP contribution is 2.15. The number of nitrogens with zero attached hydrogens (tertiary/aromatic N) is 2. The maximum atomic E-state index is 5.73. The number of aromatic amines is 1. The van der Waals surface area contributed by atoms with Gasteiger partial charge in [0.05, 0.1) is 6.20 Å². The predicted molar refractivity (Wildman–Crippen MR) is 61.3 cm³/mol. The molecular formula is C9H17ClN4. The SMILES string of the molecule is CCc1cn[nH]c1/N=C(\N)C(C)C.Cl. The smallest absolute Gasteiger partial charge is 0.153 e. The van der Waals surface area contributed by atoms with E-state index >= 15 is 0 Å². The Morgan fingerprint density at radius 1 is 1.64 bits per heavy atom. The maximum Gasteiger partial charge on any atom is 0.153 e. The van der Waals surface area contributed by atoms with Crippen LogP contribution in [0.3, 0.4) is 0 Å². The van der Waals surface area contributed by atoms with Gasteiger partial charge in [0.15, 0.2) is 5.82 Å². The Morgan fingerprint density at radius 3 is 2.79 bits per heavy atom. The fraction of sp³-hybridized carbons (Fsp3) is 0.556. The van der Waals surface area contributed by atoms with Crippen molar-refractivity contribution >= 4 is 24.1 Å². The first kappa shape index (κ1) is 13.0. The van der Waals surface area contributed by atoms with Crippen molar-refractivity contribution in [2.75, 3.05) is 0 Å². The van der Waals surface area contributed by atoms with E-state index in [9.17, 15) is 0 Å². The number of hydrogen-bond donors (Lipinski definition) is 2. The number of halogens is 1. The summed E-state index contributed by atoms with van der Waals surface area (Å²) >= 11 is 0. The van der Waals surface area contributed by atoms with Crippen LogP contribution in [0.4, 0.5) is 5.82 Å². The van der Waals surface area contributed by atoms with Crippen LogP contribution in [0.2, 0.25) is 0 Å². The van der Waals surface area contributed by atoms with Crippen LogP contribution in [0, 0.1) is 5.92 Å². The summed E-state index contributed by atoms with van der Waals surface area (Å²) in [6, 6.07) is 0. The van der Waals surface area contributed by atoms with Crippen molar-refractivity contribution in [3.63, 3.8) is 0 Å². The number of aryl methyl sites for hydroxylation is 1. The molecule has 1 heterocycles. The van der Waals surface area contributed by atoms with E-state index in [0.29, 0.717) is 5.84 Å². The van der Waals surface area contributed by atoms with Crippen LogP contribution in [0.25, 0.3) is 0 Å². The van der Waals surface area contributed by atoms with Crippen LogP contribution in [0.15, 0.2) is 11.2 Å². The summed E-state index contributed by atoms with van der Waals surface area (Å²) in [7, 11) is 0. The van der Waals surface area contributed by atoms with Gasteiger partial charge in [-0.15, -0.1) is 12.4 Å². The van der Waals surface area contributed by atoms with Crippen LogP contribution >= 0.6 is 12.4 Å². The lowest BCUT2D eigenvalue weighted by Crippen LogP contribution is -2.18. The van der Waals surface area contributed by atoms with E-state index < -0.39 is 0 Å². The average Bonchev–Trinajstić information content (AvgIpc) is 2.51. The number of amidine groups is 1. The van der Waals surface area contributed by atoms with E-state index in [2.05, 4.69) is 22.1 Å². The van der Waals surface area contributed by atoms with E-state index in [4.69, 9.17) is 5.73 Å². The number of nitrogens with one attached hydrogen (secondary N) is 1. The van der Waals surface area contributed by atoms with Crippen molar-refractivity contribution in [3.8, 4) is 0 Å². The Balaban J connectivity index is 0.00000169. The first-order valence-corrected chi connectivity index (χ1v) is 4.51. The Morgan fingerprint density at radius 2 is 2.29 bits per heavy atom. The van der Waals surface area contributed by atoms with Crippen LogP contribution in [-0.4, -0.2) is 16.0 Å². The second kappa shape index (κ2) is 5.65. The van der Waals surface area contributed by atoms with Gasteiger partial charge in [0.1, 0.15) is 5.84 Å². The summed E-state index contributed by atoms with van der Waals surface area (Å²) in [6.45, 7) is 6.09. The first-order valence-electron chi connectivity index (χ1n) is 4.51. The maximum absolute atomic E-state index is 5.73. The minimum atomic E-state index is 0. The summed E-state index contributed by atoms with van der Waals surface area (Å²) in [5, 5.41) is 6.74. The van der Waals surface area contributed by atoms with Gasteiger partial charge in [0.25, 0.3) is 0 Å². The van der Waals surface area contributed by atoms with E-state index in [0.717, 1.165) is 17.8 Å². The molecule has 0 saturated heterocycles. The Bertz CT molecular complexity index is 304. The highest BCUT2D eigenvalue weighted by molar-refractivity contribution is 5.85. The molecule has 0 amide bonds. The van der Waals surface area contributed by atoms with Crippen molar-refractivity contribution in [3.05, 3.63) is 11.8 Å². The van der Waals surface area contributed by atoms with Crippen LogP contribution in [0.5, 0.6) is 0 Å². The van der Waals surface area contributed by atoms with Crippen molar-refractivity contribution in [1.29, 1.82) is 0 Å². The highest BCUT2D eigenvalue weighted by Gasteiger charge is 2.04. The third-order valence-electron chi connectivity index (χ3n) is 1.91. The van der Waals surface area contributed by atoms with Gasteiger partial charge in [-0.05, 0) is 6.42 Å². The van der Waals surface area contributed by atoms with Gasteiger partial charge in [-0.2, -0.15) is 5.10 Å². The van der Waals surface area contributed by atoms with Gasteiger partial charge in [-0.25, -0.2) is 4.99 Å². The van der Waals surface area contributed by atoms with Crippen molar-refractivity contribution in [2.45, 2.75) is 27.2 Å². The van der Waals surface area contributed by atoms with E-state index in [1.165, 1.54) is 0 Å². The van der Waals surface area contributed by atoms with E-state index in [1.54, 1.807) is 6.20 Å². The minimum Gasteiger partial charge on any atom is -0.387 e. The molecule has 0 aromatic carbocycles. The summed E-state index contributed by atoms with van der Waals surface area (Å²) in [4.78, 5) is 4.27. The summed E-state index contributed by atoms with van der Waals surface area (Å²) in [6.07, 6.45) is 2.70. The second-order valence-electron chi connectivity index (χ2n) is 3.29. The number of nitrogens with two attached hydrogens (primary N) is 1. The summed E-state index contributed by atoms with van der Waals surface area (Å²) in [5.41, 5.74) is 6.83. The lowest BCUT2D eigenvalue weighted by atomic mass is 10.2. The standard InChI is InChI=1S/C9H16N4.ClH/c1-4-7-5-11-13-9(7)12-8(10)6(2)3;/h5-6H,4H2,1-3H3,(H3,10,11,12,13);1H. The van der Waals surface area contributed by atoms with Gasteiger partial charge in [-0.3, -0.25) is 5.10 Å². The molecule has 0 aliphatic carbocycles. The van der Waals surface area contributed by atoms with Gasteiger partial charge in [0, 0.05) is 11.5 Å². The molecule has 0 saturated carbocycles. The second-order valence-corrected chi connectivity index (χ2v) is 3.29. The molecule has 5 heteroatoms. The van der Waals surface area contributed by atoms with Gasteiger partial charge in [0.2, 0.25) is 0 Å². The van der Waals surface area contributed by atoms with E-state index in [-0.39, 0.29) is 18.3 Å². The third kappa shape index (κ3) is 3.03. The molecule has 3 N–H and O–H groups in total. The molecule has 0 spiro atoms. The first-order chi connectivity index (χ1) is 6.15. The van der Waals surface area contributed by atoms with Crippen LogP contribution in [0.1, 0.15) is 26.3 Å². The molecule has 1 aromatic rings. The molecular weight excluding hydrogens is 200 g/mol. The Labute approximate surface area is 90.4 Å². The summed E-state index contributed by atoms with van der Waals surface area (Å²) in [5.74, 6) is 1.70. The predicted octanol–water partition coefficient (Wildman–Crippen LogP) is 2.04. The van der Waals surface area contributed by atoms with Gasteiger partial charge in [-0.1, -0.05) is 20.8 Å². The summed E-state index contributed by atoms with van der Waals surface area (Å²) < 4.78 is 0. The topological polar surface area (TPSA) is 67.1 Å². The fourth-order valence-electron chi connectivity index (χ4n) is 0.918. The third-order valence-corrected chi connectivity index (χ3v) is 1.91. The molecule has 1 rings (SSSR count). The largest absolute Gasteiger partial charge is 0.387 e. The number of H-pyrrole nitrogens is 1.